The van der Waals surface area contributed by atoms with E-state index >= 15 is 0 Å². The minimum absolute atomic E-state index is 1.15. The molecule has 0 N–H and O–H groups in total. The summed E-state index contributed by atoms with van der Waals surface area (Å²) in [5.74, 6) is 0. The van der Waals surface area contributed by atoms with Crippen molar-refractivity contribution in [2.24, 2.45) is 0 Å². The predicted octanol–water partition coefficient (Wildman–Crippen LogP) is 12.9. The summed E-state index contributed by atoms with van der Waals surface area (Å²) in [4.78, 5) is 0. The highest BCUT2D eigenvalue weighted by Gasteiger charge is 2.21. The van der Waals surface area contributed by atoms with Crippen LogP contribution in [0.15, 0.2) is 194 Å². The average molecular weight is 637 g/mol. The monoisotopic (exact) mass is 636 g/mol. The van der Waals surface area contributed by atoms with Gasteiger partial charge in [0.05, 0.1) is 22.1 Å². The third-order valence-corrected chi connectivity index (χ3v) is 10.1. The second kappa shape index (κ2) is 11.5. The SMILES string of the molecule is c1ccc(-c2ccc(-c3cccc(-n4c5ccccc5c5ccc6c(c7ccccc7n6-c6ccc(-c7ccccc7)cc6)c54)c3)cc2)cc1. The van der Waals surface area contributed by atoms with Crippen LogP contribution in [0.5, 0.6) is 0 Å². The van der Waals surface area contributed by atoms with Crippen molar-refractivity contribution >= 4 is 43.6 Å². The summed E-state index contributed by atoms with van der Waals surface area (Å²) in [5, 5.41) is 5.02. The van der Waals surface area contributed by atoms with Gasteiger partial charge in [-0.3, -0.25) is 0 Å². The van der Waals surface area contributed by atoms with Crippen LogP contribution in [0.25, 0.3) is 88.4 Å². The number of rotatable bonds is 5. The Balaban J connectivity index is 1.19. The smallest absolute Gasteiger partial charge is 0.0641 e. The topological polar surface area (TPSA) is 9.86 Å². The highest BCUT2D eigenvalue weighted by Crippen LogP contribution is 2.42. The molecule has 0 fully saturated rings. The lowest BCUT2D eigenvalue weighted by molar-refractivity contribution is 1.17. The van der Waals surface area contributed by atoms with Crippen molar-refractivity contribution in [3.8, 4) is 44.8 Å². The van der Waals surface area contributed by atoms with Gasteiger partial charge in [-0.25, -0.2) is 0 Å². The molecule has 0 aliphatic heterocycles. The minimum atomic E-state index is 1.15. The van der Waals surface area contributed by atoms with Gasteiger partial charge in [-0.05, 0) is 75.8 Å². The first-order valence-electron chi connectivity index (χ1n) is 17.2. The zero-order valence-electron chi connectivity index (χ0n) is 27.4. The molecule has 8 aromatic carbocycles. The van der Waals surface area contributed by atoms with Gasteiger partial charge in [0.1, 0.15) is 0 Å². The van der Waals surface area contributed by atoms with E-state index in [1.54, 1.807) is 0 Å². The summed E-state index contributed by atoms with van der Waals surface area (Å²) in [6, 6.07) is 70.3. The van der Waals surface area contributed by atoms with Crippen LogP contribution in [0.2, 0.25) is 0 Å². The van der Waals surface area contributed by atoms with Gasteiger partial charge in [-0.2, -0.15) is 0 Å². The zero-order valence-corrected chi connectivity index (χ0v) is 27.4. The van der Waals surface area contributed by atoms with Gasteiger partial charge < -0.3 is 9.13 Å². The van der Waals surface area contributed by atoms with Crippen molar-refractivity contribution in [3.05, 3.63) is 194 Å². The maximum atomic E-state index is 2.48. The quantitative estimate of drug-likeness (QED) is 0.178. The van der Waals surface area contributed by atoms with Crippen molar-refractivity contribution in [2.75, 3.05) is 0 Å². The Kier molecular flexibility index (Phi) is 6.53. The van der Waals surface area contributed by atoms with Crippen molar-refractivity contribution in [2.45, 2.75) is 0 Å². The molecule has 2 heterocycles. The molecular formula is C48H32N2. The van der Waals surface area contributed by atoms with E-state index in [1.165, 1.54) is 77.0 Å². The lowest BCUT2D eigenvalue weighted by atomic mass is 10.00. The fourth-order valence-electron chi connectivity index (χ4n) is 7.80. The van der Waals surface area contributed by atoms with Gasteiger partial charge >= 0.3 is 0 Å². The molecule has 0 atom stereocenters. The largest absolute Gasteiger partial charge is 0.309 e. The lowest BCUT2D eigenvalue weighted by Crippen LogP contribution is -1.96. The van der Waals surface area contributed by atoms with E-state index in [0.29, 0.717) is 0 Å². The summed E-state index contributed by atoms with van der Waals surface area (Å²) in [6.45, 7) is 0. The Labute approximate surface area is 290 Å². The Morgan fingerprint density at radius 2 is 0.760 bits per heavy atom. The molecule has 10 rings (SSSR count). The molecule has 0 aliphatic carbocycles. The number of hydrogen-bond acceptors (Lipinski definition) is 0. The fraction of sp³-hybridized carbons (Fsp3) is 0. The van der Waals surface area contributed by atoms with Crippen molar-refractivity contribution in [3.63, 3.8) is 0 Å². The summed E-state index contributed by atoms with van der Waals surface area (Å²) in [6.07, 6.45) is 0. The Hall–Kier alpha value is -6.64. The summed E-state index contributed by atoms with van der Waals surface area (Å²) >= 11 is 0. The lowest BCUT2D eigenvalue weighted by Gasteiger charge is -2.12. The van der Waals surface area contributed by atoms with Gasteiger partial charge in [-0.15, -0.1) is 0 Å². The zero-order chi connectivity index (χ0) is 33.0. The molecule has 0 unspecified atom stereocenters. The van der Waals surface area contributed by atoms with Gasteiger partial charge in [0.2, 0.25) is 0 Å². The van der Waals surface area contributed by atoms with Crippen LogP contribution >= 0.6 is 0 Å². The van der Waals surface area contributed by atoms with Gasteiger partial charge in [-0.1, -0.05) is 152 Å². The van der Waals surface area contributed by atoms with Gasteiger partial charge in [0.15, 0.2) is 0 Å². The predicted molar refractivity (Wildman–Crippen MR) is 211 cm³/mol. The summed E-state index contributed by atoms with van der Waals surface area (Å²) in [5.41, 5.74) is 14.4. The molecule has 0 bridgehead atoms. The Bertz CT molecular complexity index is 2820. The van der Waals surface area contributed by atoms with Crippen molar-refractivity contribution in [1.29, 1.82) is 0 Å². The first-order valence-corrected chi connectivity index (χ1v) is 17.2. The van der Waals surface area contributed by atoms with E-state index in [9.17, 15) is 0 Å². The van der Waals surface area contributed by atoms with Gasteiger partial charge in [0.25, 0.3) is 0 Å². The van der Waals surface area contributed by atoms with Crippen LogP contribution in [0.4, 0.5) is 0 Å². The molecule has 0 spiro atoms. The Morgan fingerprint density at radius 1 is 0.260 bits per heavy atom. The van der Waals surface area contributed by atoms with Crippen LogP contribution in [0.3, 0.4) is 0 Å². The first-order chi connectivity index (χ1) is 24.8. The third kappa shape index (κ3) is 4.50. The molecule has 10 aromatic rings. The van der Waals surface area contributed by atoms with Crippen LogP contribution < -0.4 is 0 Å². The molecule has 2 aromatic heterocycles. The van der Waals surface area contributed by atoms with E-state index < -0.39 is 0 Å². The van der Waals surface area contributed by atoms with Crippen LogP contribution in [-0.2, 0) is 0 Å². The molecular weight excluding hydrogens is 605 g/mol. The van der Waals surface area contributed by atoms with E-state index in [4.69, 9.17) is 0 Å². The standard InChI is InChI=1S/C48H32N2/c1-3-12-33(13-4-1)35-22-24-37(25-23-35)38-16-11-17-40(32-38)50-44-20-9-7-18-41(44)42-30-31-46-47(48(42)50)43-19-8-10-21-45(43)49(46)39-28-26-36(27-29-39)34-14-5-2-6-15-34/h1-32H. The van der Waals surface area contributed by atoms with Gasteiger partial charge in [0, 0.05) is 32.9 Å². The molecule has 0 saturated carbocycles. The highest BCUT2D eigenvalue weighted by molar-refractivity contribution is 6.26. The second-order valence-corrected chi connectivity index (χ2v) is 13.0. The van der Waals surface area contributed by atoms with Crippen molar-refractivity contribution < 1.29 is 0 Å². The van der Waals surface area contributed by atoms with Crippen LogP contribution in [0.1, 0.15) is 0 Å². The molecule has 0 amide bonds. The molecule has 234 valence electrons. The molecule has 50 heavy (non-hydrogen) atoms. The molecule has 0 saturated heterocycles. The summed E-state index contributed by atoms with van der Waals surface area (Å²) < 4.78 is 4.90. The van der Waals surface area contributed by atoms with E-state index in [1.807, 2.05) is 0 Å². The van der Waals surface area contributed by atoms with Crippen molar-refractivity contribution in [1.82, 2.24) is 9.13 Å². The normalized spacial score (nSPS) is 11.6. The maximum absolute atomic E-state index is 2.48. The number of para-hydroxylation sites is 2. The molecule has 2 nitrogen and oxygen atoms in total. The molecule has 0 aliphatic rings. The highest BCUT2D eigenvalue weighted by atomic mass is 15.0. The number of fused-ring (bicyclic) bond motifs is 7. The average Bonchev–Trinajstić information content (AvgIpc) is 3.72. The fourth-order valence-corrected chi connectivity index (χ4v) is 7.80. The Morgan fingerprint density at radius 3 is 1.42 bits per heavy atom. The number of hydrogen-bond donors (Lipinski definition) is 0. The third-order valence-electron chi connectivity index (χ3n) is 10.1. The number of benzene rings is 8. The molecule has 2 heteroatoms. The summed E-state index contributed by atoms with van der Waals surface area (Å²) in [7, 11) is 0. The van der Waals surface area contributed by atoms with E-state index in [2.05, 4.69) is 203 Å². The first kappa shape index (κ1) is 28.4. The number of aromatic nitrogens is 2. The number of nitrogens with zero attached hydrogens (tertiary/aromatic N) is 2. The van der Waals surface area contributed by atoms with E-state index in [0.717, 1.165) is 11.4 Å². The minimum Gasteiger partial charge on any atom is -0.309 e. The second-order valence-electron chi connectivity index (χ2n) is 13.0. The van der Waals surface area contributed by atoms with Crippen LogP contribution in [0, 0.1) is 0 Å². The maximum Gasteiger partial charge on any atom is 0.0641 e. The molecule has 0 radical (unpaired) electrons. The van der Waals surface area contributed by atoms with Crippen LogP contribution in [-0.4, -0.2) is 9.13 Å². The van der Waals surface area contributed by atoms with E-state index in [-0.39, 0.29) is 0 Å².